The quantitative estimate of drug-likeness (QED) is 0.325. The number of hydrogen-bond donors (Lipinski definition) is 2. The van der Waals surface area contributed by atoms with Gasteiger partial charge in [0.2, 0.25) is 0 Å². The highest BCUT2D eigenvalue weighted by Gasteiger charge is 2.35. The van der Waals surface area contributed by atoms with Crippen molar-refractivity contribution in [3.05, 3.63) is 52.6 Å². The van der Waals surface area contributed by atoms with Crippen LogP contribution in [0.2, 0.25) is 10.0 Å². The lowest BCUT2D eigenvalue weighted by Gasteiger charge is -2.18. The van der Waals surface area contributed by atoms with E-state index in [0.717, 1.165) is 0 Å². The molecule has 8 nitrogen and oxygen atoms in total. The number of nitrogens with one attached hydrogen (secondary N) is 1. The molecule has 0 fully saturated rings. The van der Waals surface area contributed by atoms with Gasteiger partial charge in [-0.25, -0.2) is 0 Å². The SMILES string of the molecule is O=C(Nc1ccnc(-c2cc(-c3c(Cl)cccc3Cl)no2)c1)C(Cl)(Cl)CCS(=O)(=O)O. The Bertz CT molecular complexity index is 1210. The number of halogens is 4. The maximum absolute atomic E-state index is 12.3. The van der Waals surface area contributed by atoms with E-state index in [-0.39, 0.29) is 11.4 Å². The molecule has 1 amide bonds. The van der Waals surface area contributed by atoms with Gasteiger partial charge in [-0.2, -0.15) is 8.42 Å². The predicted octanol–water partition coefficient (Wildman–Crippen LogP) is 5.10. The molecular weight excluding hydrogens is 512 g/mol. The van der Waals surface area contributed by atoms with E-state index < -0.39 is 32.5 Å². The average Bonchev–Trinajstić information content (AvgIpc) is 3.16. The Morgan fingerprint density at radius 2 is 1.81 bits per heavy atom. The molecule has 31 heavy (non-hydrogen) atoms. The molecule has 0 radical (unpaired) electrons. The second kappa shape index (κ2) is 9.32. The average molecular weight is 525 g/mol. The molecule has 0 bridgehead atoms. The van der Waals surface area contributed by atoms with Crippen LogP contribution >= 0.6 is 46.4 Å². The summed E-state index contributed by atoms with van der Waals surface area (Å²) in [6, 6.07) is 9.56. The molecule has 2 heterocycles. The van der Waals surface area contributed by atoms with Gasteiger partial charge in [-0.3, -0.25) is 14.3 Å². The molecule has 0 aliphatic rings. The molecule has 0 saturated carbocycles. The van der Waals surface area contributed by atoms with Gasteiger partial charge in [0.15, 0.2) is 10.1 Å². The summed E-state index contributed by atoms with van der Waals surface area (Å²) in [5.41, 5.74) is 1.49. The van der Waals surface area contributed by atoms with Crippen molar-refractivity contribution in [1.82, 2.24) is 10.1 Å². The van der Waals surface area contributed by atoms with Crippen molar-refractivity contribution < 1.29 is 22.3 Å². The molecule has 0 atom stereocenters. The van der Waals surface area contributed by atoms with Gasteiger partial charge in [-0.15, -0.1) is 0 Å². The molecule has 0 spiro atoms. The number of carbonyl (C=O) groups is 1. The molecule has 164 valence electrons. The lowest BCUT2D eigenvalue weighted by atomic mass is 10.1. The predicted molar refractivity (Wildman–Crippen MR) is 119 cm³/mol. The van der Waals surface area contributed by atoms with E-state index in [1.54, 1.807) is 24.3 Å². The highest BCUT2D eigenvalue weighted by atomic mass is 35.5. The van der Waals surface area contributed by atoms with Crippen molar-refractivity contribution in [1.29, 1.82) is 0 Å². The van der Waals surface area contributed by atoms with Crippen LogP contribution < -0.4 is 5.32 Å². The van der Waals surface area contributed by atoms with Crippen molar-refractivity contribution in [3.8, 4) is 22.7 Å². The van der Waals surface area contributed by atoms with Gasteiger partial charge >= 0.3 is 0 Å². The Morgan fingerprint density at radius 3 is 2.45 bits per heavy atom. The number of amides is 1. The van der Waals surface area contributed by atoms with Crippen LogP contribution in [0.15, 0.2) is 47.1 Å². The van der Waals surface area contributed by atoms with Crippen molar-refractivity contribution >= 4 is 68.1 Å². The van der Waals surface area contributed by atoms with E-state index in [1.807, 2.05) is 0 Å². The molecule has 3 rings (SSSR count). The Hall–Kier alpha value is -1.88. The van der Waals surface area contributed by atoms with Crippen LogP contribution in [-0.2, 0) is 14.9 Å². The smallest absolute Gasteiger partial charge is 0.264 e. The van der Waals surface area contributed by atoms with Crippen molar-refractivity contribution in [2.45, 2.75) is 10.8 Å². The standard InChI is InChI=1S/C18H13Cl4N3O5S/c19-11-2-1-3-12(20)16(11)14-9-15(30-25-14)13-8-10(4-6-23-13)24-17(26)18(21,22)5-7-31(27,28)29/h1-4,6,8-9H,5,7H2,(H,23,24,26)(H,27,28,29). The van der Waals surface area contributed by atoms with Crippen molar-refractivity contribution in [2.24, 2.45) is 0 Å². The van der Waals surface area contributed by atoms with Gasteiger partial charge in [0.05, 0.1) is 15.8 Å². The molecule has 2 N–H and O–H groups in total. The number of aromatic nitrogens is 2. The summed E-state index contributed by atoms with van der Waals surface area (Å²) in [4.78, 5) is 16.5. The first-order valence-electron chi connectivity index (χ1n) is 8.48. The van der Waals surface area contributed by atoms with Gasteiger partial charge in [0.25, 0.3) is 16.0 Å². The number of benzene rings is 1. The minimum absolute atomic E-state index is 0.265. The normalized spacial score (nSPS) is 12.0. The van der Waals surface area contributed by atoms with Crippen LogP contribution in [0.5, 0.6) is 0 Å². The highest BCUT2D eigenvalue weighted by molar-refractivity contribution is 7.85. The summed E-state index contributed by atoms with van der Waals surface area (Å²) in [6.45, 7) is 0. The van der Waals surface area contributed by atoms with Gasteiger partial charge < -0.3 is 9.84 Å². The zero-order valence-electron chi connectivity index (χ0n) is 15.4. The number of nitrogens with zero attached hydrogens (tertiary/aromatic N) is 2. The summed E-state index contributed by atoms with van der Waals surface area (Å²) in [5.74, 6) is -1.38. The zero-order chi connectivity index (χ0) is 22.8. The number of rotatable bonds is 7. The fourth-order valence-corrected chi connectivity index (χ4v) is 4.16. The minimum atomic E-state index is -4.33. The fraction of sp³-hybridized carbons (Fsp3) is 0.167. The summed E-state index contributed by atoms with van der Waals surface area (Å²) < 4.78 is 33.8. The molecule has 0 saturated heterocycles. The summed E-state index contributed by atoms with van der Waals surface area (Å²) in [6.07, 6.45) is 0.890. The summed E-state index contributed by atoms with van der Waals surface area (Å²) in [5, 5.41) is 7.22. The molecule has 0 aliphatic heterocycles. The van der Waals surface area contributed by atoms with E-state index in [9.17, 15) is 13.2 Å². The monoisotopic (exact) mass is 523 g/mol. The molecule has 3 aromatic rings. The maximum Gasteiger partial charge on any atom is 0.264 e. The Kier molecular flexibility index (Phi) is 7.14. The van der Waals surface area contributed by atoms with Gasteiger partial charge in [0, 0.05) is 29.9 Å². The summed E-state index contributed by atoms with van der Waals surface area (Å²) >= 11 is 24.2. The molecule has 13 heteroatoms. The minimum Gasteiger partial charge on any atom is -0.354 e. The van der Waals surface area contributed by atoms with Crippen LogP contribution in [-0.4, -0.2) is 39.1 Å². The zero-order valence-corrected chi connectivity index (χ0v) is 19.2. The van der Waals surface area contributed by atoms with Gasteiger partial charge in [0.1, 0.15) is 11.4 Å². The van der Waals surface area contributed by atoms with Crippen molar-refractivity contribution in [2.75, 3.05) is 11.1 Å². The van der Waals surface area contributed by atoms with Gasteiger partial charge in [-0.1, -0.05) is 57.6 Å². The second-order valence-electron chi connectivity index (χ2n) is 6.30. The molecule has 0 unspecified atom stereocenters. The third-order valence-electron chi connectivity index (χ3n) is 4.01. The Labute approximate surface area is 197 Å². The number of anilines is 1. The van der Waals surface area contributed by atoms with Crippen molar-refractivity contribution in [3.63, 3.8) is 0 Å². The van der Waals surface area contributed by atoms with E-state index in [4.69, 9.17) is 55.5 Å². The number of pyridine rings is 1. The third-order valence-corrected chi connectivity index (χ3v) is 6.08. The first kappa shape index (κ1) is 23.8. The molecule has 0 aliphatic carbocycles. The van der Waals surface area contributed by atoms with E-state index in [2.05, 4.69) is 15.5 Å². The van der Waals surface area contributed by atoms with Crippen LogP contribution in [0, 0.1) is 0 Å². The van der Waals surface area contributed by atoms with E-state index >= 15 is 0 Å². The number of hydrogen-bond acceptors (Lipinski definition) is 6. The largest absolute Gasteiger partial charge is 0.354 e. The topological polar surface area (TPSA) is 122 Å². The first-order chi connectivity index (χ1) is 14.5. The van der Waals surface area contributed by atoms with E-state index in [1.165, 1.54) is 18.3 Å². The first-order valence-corrected chi connectivity index (χ1v) is 11.6. The van der Waals surface area contributed by atoms with Gasteiger partial charge in [-0.05, 0) is 24.3 Å². The Balaban J connectivity index is 1.80. The molecule has 1 aromatic carbocycles. The Morgan fingerprint density at radius 1 is 1.13 bits per heavy atom. The third kappa shape index (κ3) is 6.09. The highest BCUT2D eigenvalue weighted by Crippen LogP contribution is 2.36. The van der Waals surface area contributed by atoms with Crippen LogP contribution in [0.4, 0.5) is 5.69 Å². The number of carbonyl (C=O) groups excluding carboxylic acids is 1. The fourth-order valence-electron chi connectivity index (χ4n) is 2.49. The van der Waals surface area contributed by atoms with E-state index in [0.29, 0.717) is 27.0 Å². The summed E-state index contributed by atoms with van der Waals surface area (Å²) in [7, 11) is -4.33. The number of alkyl halides is 2. The lowest BCUT2D eigenvalue weighted by Crippen LogP contribution is -2.34. The second-order valence-corrected chi connectivity index (χ2v) is 10.2. The van der Waals surface area contributed by atoms with Crippen LogP contribution in [0.3, 0.4) is 0 Å². The maximum atomic E-state index is 12.3. The molecule has 2 aromatic heterocycles. The molecular formula is C18H13Cl4N3O5S. The lowest BCUT2D eigenvalue weighted by molar-refractivity contribution is -0.116. The van der Waals surface area contributed by atoms with Crippen LogP contribution in [0.25, 0.3) is 22.7 Å². The van der Waals surface area contributed by atoms with Crippen LogP contribution in [0.1, 0.15) is 6.42 Å².